The number of hydrogen-bond acceptors (Lipinski definition) is 4. The Hall–Kier alpha value is -0.880. The topological polar surface area (TPSA) is 29.5 Å². The van der Waals surface area contributed by atoms with Crippen LogP contribution in [0.1, 0.15) is 18.4 Å². The first-order chi connectivity index (χ1) is 10.1. The fourth-order valence-corrected chi connectivity index (χ4v) is 3.76. The van der Waals surface area contributed by atoms with Crippen molar-refractivity contribution in [3.63, 3.8) is 0 Å². The molecule has 0 radical (unpaired) electrons. The van der Waals surface area contributed by atoms with Gasteiger partial charge in [-0.15, -0.1) is 0 Å². The van der Waals surface area contributed by atoms with Crippen LogP contribution in [0, 0.1) is 0 Å². The van der Waals surface area contributed by atoms with Crippen LogP contribution in [0.4, 0.5) is 0 Å². The number of thioether (sulfide) groups is 1. The first kappa shape index (κ1) is 15.0. The summed E-state index contributed by atoms with van der Waals surface area (Å²) in [5.74, 6) is -0.0320. The predicted octanol–water partition coefficient (Wildman–Crippen LogP) is 3.72. The van der Waals surface area contributed by atoms with E-state index in [-0.39, 0.29) is 12.0 Å². The predicted molar refractivity (Wildman–Crippen MR) is 90.3 cm³/mol. The number of halogens is 1. The van der Waals surface area contributed by atoms with Crippen molar-refractivity contribution in [2.75, 3.05) is 13.2 Å². The Bertz CT molecular complexity index is 594. The lowest BCUT2D eigenvalue weighted by Gasteiger charge is -2.18. The normalized spacial score (nSPS) is 24.3. The number of carbonyl (C=O) groups excluding carboxylic acids is 1. The largest absolute Gasteiger partial charge is 0.376 e. The zero-order chi connectivity index (χ0) is 14.8. The summed E-state index contributed by atoms with van der Waals surface area (Å²) >= 11 is 12.5. The van der Waals surface area contributed by atoms with Gasteiger partial charge < -0.3 is 4.74 Å². The van der Waals surface area contributed by atoms with E-state index in [1.165, 1.54) is 11.8 Å². The smallest absolute Gasteiger partial charge is 0.266 e. The maximum absolute atomic E-state index is 12.4. The number of rotatable bonds is 3. The minimum atomic E-state index is -0.0320. The fraction of sp³-hybridized carbons (Fsp3) is 0.333. The summed E-state index contributed by atoms with van der Waals surface area (Å²) in [7, 11) is 0. The maximum Gasteiger partial charge on any atom is 0.266 e. The van der Waals surface area contributed by atoms with Gasteiger partial charge in [-0.05, 0) is 36.6 Å². The van der Waals surface area contributed by atoms with Gasteiger partial charge in [0.25, 0.3) is 5.91 Å². The van der Waals surface area contributed by atoms with Gasteiger partial charge in [0, 0.05) is 11.6 Å². The molecule has 0 N–H and O–H groups in total. The van der Waals surface area contributed by atoms with Gasteiger partial charge in [-0.2, -0.15) is 0 Å². The van der Waals surface area contributed by atoms with E-state index in [4.69, 9.17) is 28.6 Å². The Balaban J connectivity index is 1.74. The average Bonchev–Trinajstić information content (AvgIpc) is 3.06. The highest BCUT2D eigenvalue weighted by Gasteiger charge is 2.34. The van der Waals surface area contributed by atoms with E-state index in [1.54, 1.807) is 17.0 Å². The van der Waals surface area contributed by atoms with E-state index in [2.05, 4.69) is 0 Å². The first-order valence-corrected chi connectivity index (χ1v) is 8.36. The molecule has 2 heterocycles. The monoisotopic (exact) mass is 339 g/mol. The van der Waals surface area contributed by atoms with E-state index in [0.29, 0.717) is 20.8 Å². The van der Waals surface area contributed by atoms with Gasteiger partial charge in [-0.3, -0.25) is 9.69 Å². The standard InChI is InChI=1S/C15H14ClNO2S2/c16-11-5-3-10(4-6-11)8-13-14(18)17(15(20)21-13)9-12-2-1-7-19-12/h3-6,8,12H,1-2,7,9H2. The van der Waals surface area contributed by atoms with Crippen molar-refractivity contribution in [2.24, 2.45) is 0 Å². The second kappa shape index (κ2) is 6.48. The minimum Gasteiger partial charge on any atom is -0.376 e. The summed E-state index contributed by atoms with van der Waals surface area (Å²) in [5, 5.41) is 0.679. The van der Waals surface area contributed by atoms with Crippen molar-refractivity contribution < 1.29 is 9.53 Å². The zero-order valence-corrected chi connectivity index (χ0v) is 13.6. The quantitative estimate of drug-likeness (QED) is 0.620. The number of carbonyl (C=O) groups is 1. The van der Waals surface area contributed by atoms with Crippen molar-refractivity contribution in [1.82, 2.24) is 4.90 Å². The molecule has 1 atom stereocenters. The number of ether oxygens (including phenoxy) is 1. The third-order valence-electron chi connectivity index (χ3n) is 3.45. The van der Waals surface area contributed by atoms with Gasteiger partial charge >= 0.3 is 0 Å². The maximum atomic E-state index is 12.4. The highest BCUT2D eigenvalue weighted by Crippen LogP contribution is 2.33. The number of amides is 1. The van der Waals surface area contributed by atoms with Crippen molar-refractivity contribution in [2.45, 2.75) is 18.9 Å². The van der Waals surface area contributed by atoms with Gasteiger partial charge in [0.2, 0.25) is 0 Å². The van der Waals surface area contributed by atoms with E-state index in [9.17, 15) is 4.79 Å². The molecule has 110 valence electrons. The molecule has 2 fully saturated rings. The third kappa shape index (κ3) is 3.48. The Labute approximate surface area is 138 Å². The van der Waals surface area contributed by atoms with Crippen molar-refractivity contribution in [1.29, 1.82) is 0 Å². The lowest BCUT2D eigenvalue weighted by molar-refractivity contribution is -0.123. The van der Waals surface area contributed by atoms with Gasteiger partial charge in [-0.25, -0.2) is 0 Å². The Morgan fingerprint density at radius 2 is 2.19 bits per heavy atom. The lowest BCUT2D eigenvalue weighted by atomic mass is 10.2. The summed E-state index contributed by atoms with van der Waals surface area (Å²) in [5.41, 5.74) is 0.942. The van der Waals surface area contributed by atoms with Crippen LogP contribution in [-0.2, 0) is 9.53 Å². The summed E-state index contributed by atoms with van der Waals surface area (Å²) < 4.78 is 6.19. The van der Waals surface area contributed by atoms with Gasteiger partial charge in [0.05, 0.1) is 17.6 Å². The van der Waals surface area contributed by atoms with E-state index < -0.39 is 0 Å². The highest BCUT2D eigenvalue weighted by molar-refractivity contribution is 8.26. The van der Waals surface area contributed by atoms with Crippen LogP contribution in [0.25, 0.3) is 6.08 Å². The molecule has 2 aliphatic rings. The summed E-state index contributed by atoms with van der Waals surface area (Å²) in [6, 6.07) is 7.38. The van der Waals surface area contributed by atoms with Crippen LogP contribution in [0.3, 0.4) is 0 Å². The molecule has 1 unspecified atom stereocenters. The van der Waals surface area contributed by atoms with E-state index in [0.717, 1.165) is 25.0 Å². The molecule has 3 rings (SSSR count). The van der Waals surface area contributed by atoms with Gasteiger partial charge in [-0.1, -0.05) is 47.7 Å². The van der Waals surface area contributed by atoms with E-state index >= 15 is 0 Å². The second-order valence-electron chi connectivity index (χ2n) is 4.98. The average molecular weight is 340 g/mol. The number of hydrogen-bond donors (Lipinski definition) is 0. The molecule has 1 amide bonds. The van der Waals surface area contributed by atoms with Gasteiger partial charge in [0.15, 0.2) is 0 Å². The molecule has 1 aromatic rings. The summed E-state index contributed by atoms with van der Waals surface area (Å²) in [4.78, 5) is 14.7. The van der Waals surface area contributed by atoms with Crippen molar-refractivity contribution >= 4 is 51.9 Å². The molecule has 0 bridgehead atoms. The van der Waals surface area contributed by atoms with Gasteiger partial charge in [0.1, 0.15) is 4.32 Å². The molecule has 6 heteroatoms. The molecular weight excluding hydrogens is 326 g/mol. The molecule has 21 heavy (non-hydrogen) atoms. The number of benzene rings is 1. The molecule has 1 aromatic carbocycles. The Morgan fingerprint density at radius 1 is 1.43 bits per heavy atom. The Kier molecular flexibility index (Phi) is 4.64. The zero-order valence-electron chi connectivity index (χ0n) is 11.3. The van der Waals surface area contributed by atoms with Crippen LogP contribution in [0.15, 0.2) is 29.2 Å². The number of nitrogens with zero attached hydrogens (tertiary/aromatic N) is 1. The molecule has 3 nitrogen and oxygen atoms in total. The van der Waals surface area contributed by atoms with Crippen LogP contribution in [0.5, 0.6) is 0 Å². The molecule has 2 aliphatic heterocycles. The summed E-state index contributed by atoms with van der Waals surface area (Å²) in [6.45, 7) is 1.34. The molecule has 0 aliphatic carbocycles. The molecule has 0 aromatic heterocycles. The summed E-state index contributed by atoms with van der Waals surface area (Å²) in [6.07, 6.45) is 4.01. The first-order valence-electron chi connectivity index (χ1n) is 6.76. The highest BCUT2D eigenvalue weighted by atomic mass is 35.5. The van der Waals surface area contributed by atoms with Crippen LogP contribution >= 0.6 is 35.6 Å². The third-order valence-corrected chi connectivity index (χ3v) is 5.08. The van der Waals surface area contributed by atoms with Crippen molar-refractivity contribution in [3.8, 4) is 0 Å². The molecule has 0 saturated carbocycles. The molecule has 0 spiro atoms. The Morgan fingerprint density at radius 3 is 2.86 bits per heavy atom. The van der Waals surface area contributed by atoms with Crippen LogP contribution in [-0.4, -0.2) is 34.4 Å². The second-order valence-corrected chi connectivity index (χ2v) is 7.09. The fourth-order valence-electron chi connectivity index (χ4n) is 2.36. The minimum absolute atomic E-state index is 0.0320. The van der Waals surface area contributed by atoms with Crippen LogP contribution < -0.4 is 0 Å². The van der Waals surface area contributed by atoms with Crippen molar-refractivity contribution in [3.05, 3.63) is 39.8 Å². The molecular formula is C15H14ClNO2S2. The lowest BCUT2D eigenvalue weighted by Crippen LogP contribution is -2.35. The molecule has 2 saturated heterocycles. The van der Waals surface area contributed by atoms with Crippen LogP contribution in [0.2, 0.25) is 5.02 Å². The number of thiocarbonyl (C=S) groups is 1. The SMILES string of the molecule is O=C1C(=Cc2ccc(Cl)cc2)SC(=S)N1CC1CCCO1. The van der Waals surface area contributed by atoms with E-state index in [1.807, 2.05) is 18.2 Å².